The molecule has 2 saturated carbocycles. The van der Waals surface area contributed by atoms with Gasteiger partial charge in [0.25, 0.3) is 0 Å². The third-order valence-corrected chi connectivity index (χ3v) is 7.30. The zero-order chi connectivity index (χ0) is 15.5. The Kier molecular flexibility index (Phi) is 3.50. The van der Waals surface area contributed by atoms with Gasteiger partial charge in [0.1, 0.15) is 0 Å². The molecule has 1 unspecified atom stereocenters. The van der Waals surface area contributed by atoms with E-state index in [0.29, 0.717) is 36.2 Å². The molecule has 0 aromatic rings. The molecule has 0 aromatic heterocycles. The van der Waals surface area contributed by atoms with Gasteiger partial charge in [0.2, 0.25) is 0 Å². The molecule has 3 nitrogen and oxygen atoms in total. The van der Waals surface area contributed by atoms with Crippen LogP contribution in [0.3, 0.4) is 0 Å². The SMILES string of the molecule is CC(O)[C@H]1CO[C@H]2[C@@H]3CCC4=CC(=O)CC[C@@H]4[C@H]3CC[C@]12C. The summed E-state index contributed by atoms with van der Waals surface area (Å²) in [5, 5.41) is 10.1. The summed E-state index contributed by atoms with van der Waals surface area (Å²) in [6, 6.07) is 0. The summed E-state index contributed by atoms with van der Waals surface area (Å²) in [6.45, 7) is 4.98. The number of ether oxygens (including phenoxy) is 1. The first-order valence-electron chi connectivity index (χ1n) is 9.03. The van der Waals surface area contributed by atoms with Gasteiger partial charge in [-0.15, -0.1) is 0 Å². The van der Waals surface area contributed by atoms with E-state index in [9.17, 15) is 9.90 Å². The van der Waals surface area contributed by atoms with E-state index >= 15 is 0 Å². The maximum Gasteiger partial charge on any atom is 0.155 e. The Labute approximate surface area is 133 Å². The summed E-state index contributed by atoms with van der Waals surface area (Å²) in [5.41, 5.74) is 1.56. The number of carbonyl (C=O) groups is 1. The van der Waals surface area contributed by atoms with Gasteiger partial charge in [-0.25, -0.2) is 0 Å². The van der Waals surface area contributed by atoms with Crippen molar-refractivity contribution in [3.8, 4) is 0 Å². The van der Waals surface area contributed by atoms with Gasteiger partial charge < -0.3 is 9.84 Å². The molecule has 22 heavy (non-hydrogen) atoms. The summed E-state index contributed by atoms with van der Waals surface area (Å²) < 4.78 is 6.26. The number of ketones is 1. The number of aliphatic hydroxyl groups is 1. The quantitative estimate of drug-likeness (QED) is 0.809. The van der Waals surface area contributed by atoms with Crippen molar-refractivity contribution >= 4 is 5.78 Å². The van der Waals surface area contributed by atoms with Crippen molar-refractivity contribution < 1.29 is 14.6 Å². The Balaban J connectivity index is 1.61. The molecule has 1 N–H and O–H groups in total. The first-order chi connectivity index (χ1) is 10.5. The Hall–Kier alpha value is -0.670. The second kappa shape index (κ2) is 5.17. The van der Waals surface area contributed by atoms with Gasteiger partial charge in [0, 0.05) is 17.8 Å². The molecule has 1 aliphatic heterocycles. The third-order valence-electron chi connectivity index (χ3n) is 7.30. The van der Waals surface area contributed by atoms with Crippen molar-refractivity contribution in [2.24, 2.45) is 29.1 Å². The number of hydrogen-bond donors (Lipinski definition) is 1. The summed E-state index contributed by atoms with van der Waals surface area (Å²) >= 11 is 0. The zero-order valence-electron chi connectivity index (χ0n) is 13.8. The molecule has 0 aromatic carbocycles. The lowest BCUT2D eigenvalue weighted by atomic mass is 9.53. The maximum atomic E-state index is 11.7. The number of rotatable bonds is 1. The number of allylic oxidation sites excluding steroid dienone is 2. The number of fused-ring (bicyclic) bond motifs is 5. The molecular weight excluding hydrogens is 276 g/mol. The monoisotopic (exact) mass is 304 g/mol. The van der Waals surface area contributed by atoms with Crippen LogP contribution in [0.25, 0.3) is 0 Å². The Morgan fingerprint density at radius 2 is 2.09 bits per heavy atom. The lowest BCUT2D eigenvalue weighted by Gasteiger charge is -2.53. The molecule has 0 bridgehead atoms. The molecule has 3 fully saturated rings. The average molecular weight is 304 g/mol. The molecule has 0 radical (unpaired) electrons. The van der Waals surface area contributed by atoms with Gasteiger partial charge in [-0.05, 0) is 62.9 Å². The van der Waals surface area contributed by atoms with Crippen molar-refractivity contribution in [3.63, 3.8) is 0 Å². The number of aliphatic hydroxyl groups excluding tert-OH is 1. The largest absolute Gasteiger partial charge is 0.393 e. The van der Waals surface area contributed by atoms with Gasteiger partial charge >= 0.3 is 0 Å². The summed E-state index contributed by atoms with van der Waals surface area (Å²) in [5.74, 6) is 2.55. The van der Waals surface area contributed by atoms with Crippen LogP contribution in [0, 0.1) is 29.1 Å². The number of hydrogen-bond acceptors (Lipinski definition) is 3. The van der Waals surface area contributed by atoms with Crippen molar-refractivity contribution in [2.45, 2.75) is 64.6 Å². The van der Waals surface area contributed by atoms with E-state index in [1.807, 2.05) is 13.0 Å². The van der Waals surface area contributed by atoms with Crippen molar-refractivity contribution in [2.75, 3.05) is 6.61 Å². The lowest BCUT2D eigenvalue weighted by molar-refractivity contribution is -0.116. The Bertz CT molecular complexity index is 509. The maximum absolute atomic E-state index is 11.7. The normalized spacial score (nSPS) is 49.0. The topological polar surface area (TPSA) is 46.5 Å². The fourth-order valence-corrected chi connectivity index (χ4v) is 6.16. The first kappa shape index (κ1) is 14.9. The smallest absolute Gasteiger partial charge is 0.155 e. The van der Waals surface area contributed by atoms with Crippen LogP contribution < -0.4 is 0 Å². The summed E-state index contributed by atoms with van der Waals surface area (Å²) in [6.07, 6.45) is 8.40. The standard InChI is InChI=1S/C19H28O3/c1-11(20)17-10-22-18-16-5-3-12-9-13(21)4-6-14(12)15(16)7-8-19(17,18)2/h9,11,14-18,20H,3-8,10H2,1-2H3/t11?,14-,15+,16+,17+,18-,19+/m0/s1. The Morgan fingerprint density at radius 1 is 1.27 bits per heavy atom. The highest BCUT2D eigenvalue weighted by molar-refractivity contribution is 5.91. The van der Waals surface area contributed by atoms with Crippen molar-refractivity contribution in [1.82, 2.24) is 0 Å². The molecule has 1 heterocycles. The van der Waals surface area contributed by atoms with Gasteiger partial charge in [-0.2, -0.15) is 0 Å². The van der Waals surface area contributed by atoms with Crippen LogP contribution in [0.15, 0.2) is 11.6 Å². The van der Waals surface area contributed by atoms with E-state index in [2.05, 4.69) is 6.92 Å². The highest BCUT2D eigenvalue weighted by Crippen LogP contribution is 2.59. The second-order valence-electron chi connectivity index (χ2n) is 8.34. The highest BCUT2D eigenvalue weighted by atomic mass is 16.5. The van der Waals surface area contributed by atoms with Crippen LogP contribution in [0.5, 0.6) is 0 Å². The molecule has 3 heteroatoms. The predicted octanol–water partition coefficient (Wildman–Crippen LogP) is 3.11. The van der Waals surface area contributed by atoms with E-state index in [1.54, 1.807) is 0 Å². The first-order valence-corrected chi connectivity index (χ1v) is 9.03. The fraction of sp³-hybridized carbons (Fsp3) is 0.842. The van der Waals surface area contributed by atoms with Crippen LogP contribution in [0.2, 0.25) is 0 Å². The van der Waals surface area contributed by atoms with Crippen molar-refractivity contribution in [1.29, 1.82) is 0 Å². The van der Waals surface area contributed by atoms with E-state index in [0.717, 1.165) is 32.1 Å². The van der Waals surface area contributed by atoms with Gasteiger partial charge in [0.15, 0.2) is 5.78 Å². The molecule has 1 saturated heterocycles. The lowest BCUT2D eigenvalue weighted by Crippen LogP contribution is -2.51. The van der Waals surface area contributed by atoms with Gasteiger partial charge in [0.05, 0.1) is 18.8 Å². The van der Waals surface area contributed by atoms with Gasteiger partial charge in [-0.1, -0.05) is 12.5 Å². The predicted molar refractivity (Wildman–Crippen MR) is 84.3 cm³/mol. The van der Waals surface area contributed by atoms with E-state index in [4.69, 9.17) is 4.74 Å². The molecule has 3 aliphatic carbocycles. The molecule has 122 valence electrons. The fourth-order valence-electron chi connectivity index (χ4n) is 6.16. The minimum atomic E-state index is -0.280. The van der Waals surface area contributed by atoms with E-state index < -0.39 is 0 Å². The summed E-state index contributed by atoms with van der Waals surface area (Å²) in [4.78, 5) is 11.7. The molecule has 4 aliphatic rings. The molecular formula is C19H28O3. The number of carbonyl (C=O) groups excluding carboxylic acids is 1. The summed E-state index contributed by atoms with van der Waals surface area (Å²) in [7, 11) is 0. The Morgan fingerprint density at radius 3 is 2.86 bits per heavy atom. The van der Waals surface area contributed by atoms with Gasteiger partial charge in [-0.3, -0.25) is 4.79 Å². The van der Waals surface area contributed by atoms with Crippen LogP contribution in [-0.2, 0) is 9.53 Å². The minimum absolute atomic E-state index is 0.140. The van der Waals surface area contributed by atoms with Crippen LogP contribution in [0.4, 0.5) is 0 Å². The third kappa shape index (κ3) is 2.05. The van der Waals surface area contributed by atoms with Crippen LogP contribution in [-0.4, -0.2) is 29.7 Å². The molecule has 0 amide bonds. The van der Waals surface area contributed by atoms with Crippen LogP contribution in [0.1, 0.15) is 52.4 Å². The van der Waals surface area contributed by atoms with E-state index in [-0.39, 0.29) is 17.4 Å². The molecule has 0 spiro atoms. The highest BCUT2D eigenvalue weighted by Gasteiger charge is 2.58. The minimum Gasteiger partial charge on any atom is -0.393 e. The molecule has 7 atom stereocenters. The average Bonchev–Trinajstić information content (AvgIpc) is 2.84. The zero-order valence-corrected chi connectivity index (χ0v) is 13.8. The van der Waals surface area contributed by atoms with E-state index in [1.165, 1.54) is 12.0 Å². The molecule has 4 rings (SSSR count). The second-order valence-corrected chi connectivity index (χ2v) is 8.34. The van der Waals surface area contributed by atoms with Crippen LogP contribution >= 0.6 is 0 Å². The van der Waals surface area contributed by atoms with Crippen molar-refractivity contribution in [3.05, 3.63) is 11.6 Å².